The van der Waals surface area contributed by atoms with Gasteiger partial charge in [-0.25, -0.2) is 8.42 Å². The van der Waals surface area contributed by atoms with Gasteiger partial charge in [0.15, 0.2) is 0 Å². The molecule has 3 aromatic carbocycles. The Kier molecular flexibility index (Phi) is 4.12. The van der Waals surface area contributed by atoms with Crippen molar-refractivity contribution in [3.63, 3.8) is 0 Å². The summed E-state index contributed by atoms with van der Waals surface area (Å²) in [5.41, 5.74) is 4.46. The van der Waals surface area contributed by atoms with Crippen molar-refractivity contribution in [3.8, 4) is 11.3 Å². The van der Waals surface area contributed by atoms with Crippen LogP contribution in [0.2, 0.25) is 0 Å². The third kappa shape index (κ3) is 2.86. The van der Waals surface area contributed by atoms with Crippen molar-refractivity contribution in [2.45, 2.75) is 11.3 Å². The quantitative estimate of drug-likeness (QED) is 0.293. The predicted octanol–water partition coefficient (Wildman–Crippen LogP) is 4.98. The number of para-hydroxylation sites is 2. The van der Waals surface area contributed by atoms with E-state index in [1.165, 1.54) is 28.6 Å². The lowest BCUT2D eigenvalue weighted by Crippen LogP contribution is -2.33. The van der Waals surface area contributed by atoms with Gasteiger partial charge in [-0.15, -0.1) is 0 Å². The third-order valence-corrected chi connectivity index (χ3v) is 8.01. The van der Waals surface area contributed by atoms with Gasteiger partial charge in [-0.2, -0.15) is 0 Å². The number of fused-ring (bicyclic) bond motifs is 7. The largest absolute Gasteiger partial charge is 0.354 e. The van der Waals surface area contributed by atoms with Crippen molar-refractivity contribution < 1.29 is 13.3 Å². The van der Waals surface area contributed by atoms with Crippen molar-refractivity contribution in [2.75, 3.05) is 10.8 Å². The lowest BCUT2D eigenvalue weighted by Gasteiger charge is -2.22. The zero-order valence-electron chi connectivity index (χ0n) is 17.3. The molecule has 33 heavy (non-hydrogen) atoms. The molecule has 0 spiro atoms. The highest BCUT2D eigenvalue weighted by Gasteiger charge is 2.34. The van der Waals surface area contributed by atoms with Gasteiger partial charge >= 0.3 is 0 Å². The number of rotatable bonds is 3. The van der Waals surface area contributed by atoms with Gasteiger partial charge in [0.1, 0.15) is 5.82 Å². The normalized spacial score (nSPS) is 13.6. The molecule has 8 nitrogen and oxygen atoms in total. The van der Waals surface area contributed by atoms with E-state index in [2.05, 4.69) is 9.97 Å². The fourth-order valence-electron chi connectivity index (χ4n) is 4.67. The van der Waals surface area contributed by atoms with Gasteiger partial charge in [-0.3, -0.25) is 14.4 Å². The first kappa shape index (κ1) is 19.6. The number of nitro benzene ring substituents is 1. The summed E-state index contributed by atoms with van der Waals surface area (Å²) in [6.07, 6.45) is 0.516. The smallest absolute Gasteiger partial charge is 0.269 e. The number of aromatic amines is 2. The molecule has 0 fully saturated rings. The Morgan fingerprint density at radius 2 is 1.48 bits per heavy atom. The van der Waals surface area contributed by atoms with Crippen LogP contribution in [-0.4, -0.2) is 29.9 Å². The molecule has 6 rings (SSSR count). The van der Waals surface area contributed by atoms with Crippen LogP contribution in [0.3, 0.4) is 0 Å². The molecular formula is C24H18N4O4S. The van der Waals surface area contributed by atoms with Gasteiger partial charge in [0, 0.05) is 46.0 Å². The summed E-state index contributed by atoms with van der Waals surface area (Å²) in [5, 5.41) is 13.0. The first-order valence-electron chi connectivity index (χ1n) is 10.4. The number of hydrogen-bond donors (Lipinski definition) is 2. The van der Waals surface area contributed by atoms with Crippen LogP contribution >= 0.6 is 0 Å². The average molecular weight is 458 g/mol. The van der Waals surface area contributed by atoms with Crippen LogP contribution in [0.5, 0.6) is 0 Å². The Morgan fingerprint density at radius 1 is 0.848 bits per heavy atom. The summed E-state index contributed by atoms with van der Waals surface area (Å²) in [4.78, 5) is 17.3. The van der Waals surface area contributed by atoms with Gasteiger partial charge < -0.3 is 9.97 Å². The number of H-pyrrole nitrogens is 2. The number of nitrogens with one attached hydrogen (secondary N) is 2. The molecule has 0 unspecified atom stereocenters. The molecule has 2 N–H and O–H groups in total. The molecular weight excluding hydrogens is 440 g/mol. The predicted molar refractivity (Wildman–Crippen MR) is 127 cm³/mol. The van der Waals surface area contributed by atoms with E-state index >= 15 is 0 Å². The lowest BCUT2D eigenvalue weighted by molar-refractivity contribution is -0.384. The number of nitrogens with zero attached hydrogens (tertiary/aromatic N) is 2. The minimum Gasteiger partial charge on any atom is -0.354 e. The second-order valence-electron chi connectivity index (χ2n) is 8.00. The zero-order chi connectivity index (χ0) is 22.7. The summed E-state index contributed by atoms with van der Waals surface area (Å²) in [5.74, 6) is 0.486. The fourth-order valence-corrected chi connectivity index (χ4v) is 6.12. The minimum absolute atomic E-state index is 0.00752. The summed E-state index contributed by atoms with van der Waals surface area (Å²) < 4.78 is 28.8. The molecule has 5 aromatic rings. The number of benzene rings is 3. The molecule has 0 radical (unpaired) electrons. The number of non-ortho nitro benzene ring substituents is 1. The topological polar surface area (TPSA) is 112 Å². The first-order valence-corrected chi connectivity index (χ1v) is 11.9. The number of anilines is 1. The van der Waals surface area contributed by atoms with E-state index in [0.717, 1.165) is 38.6 Å². The molecule has 0 saturated carbocycles. The van der Waals surface area contributed by atoms with Crippen LogP contribution in [0.4, 0.5) is 11.5 Å². The highest BCUT2D eigenvalue weighted by Crippen LogP contribution is 2.44. The maximum atomic E-state index is 13.7. The van der Waals surface area contributed by atoms with Crippen LogP contribution in [0, 0.1) is 10.1 Å². The third-order valence-electron chi connectivity index (χ3n) is 6.20. The van der Waals surface area contributed by atoms with Gasteiger partial charge in [-0.1, -0.05) is 36.4 Å². The van der Waals surface area contributed by atoms with Crippen molar-refractivity contribution in [2.24, 2.45) is 0 Å². The molecule has 1 aliphatic heterocycles. The molecule has 0 amide bonds. The van der Waals surface area contributed by atoms with E-state index in [4.69, 9.17) is 0 Å². The molecule has 0 atom stereocenters. The fraction of sp³-hybridized carbons (Fsp3) is 0.0833. The molecule has 0 aliphatic carbocycles. The summed E-state index contributed by atoms with van der Waals surface area (Å²) in [6.45, 7) is 0.230. The van der Waals surface area contributed by atoms with E-state index < -0.39 is 14.9 Å². The number of nitro groups is 1. The van der Waals surface area contributed by atoms with Crippen molar-refractivity contribution in [1.82, 2.24) is 9.97 Å². The van der Waals surface area contributed by atoms with Gasteiger partial charge in [0.05, 0.1) is 15.5 Å². The van der Waals surface area contributed by atoms with Crippen molar-refractivity contribution >= 4 is 43.3 Å². The van der Waals surface area contributed by atoms with E-state index in [0.29, 0.717) is 12.2 Å². The maximum absolute atomic E-state index is 13.7. The molecule has 9 heteroatoms. The Balaban J connectivity index is 1.59. The molecule has 1 aliphatic rings. The van der Waals surface area contributed by atoms with Crippen LogP contribution in [0.15, 0.2) is 77.7 Å². The van der Waals surface area contributed by atoms with Gasteiger partial charge in [0.25, 0.3) is 15.7 Å². The first-order chi connectivity index (χ1) is 15.9. The lowest BCUT2D eigenvalue weighted by atomic mass is 10.0. The molecule has 3 heterocycles. The Labute approximate surface area is 188 Å². The van der Waals surface area contributed by atoms with Crippen LogP contribution in [-0.2, 0) is 16.4 Å². The average Bonchev–Trinajstić information content (AvgIpc) is 3.32. The second-order valence-corrected chi connectivity index (χ2v) is 9.86. The molecule has 0 saturated heterocycles. The maximum Gasteiger partial charge on any atom is 0.269 e. The SMILES string of the molecule is O=[N+]([O-])c1ccc(S(=O)(=O)N2CCc3c([nH]c4ccccc34)-c3c2[nH]c2ccccc32)cc1. The minimum atomic E-state index is -3.97. The summed E-state index contributed by atoms with van der Waals surface area (Å²) in [6, 6.07) is 20.7. The van der Waals surface area contributed by atoms with E-state index in [1.807, 2.05) is 48.5 Å². The standard InChI is InChI=1S/C24H18N4O4S/c29-28(30)15-9-11-16(12-10-15)33(31,32)27-14-13-18-17-5-1-3-7-20(17)25-23(18)22-19-6-2-4-8-21(19)26-24(22)27/h1-12,25-26H,13-14H2. The molecule has 164 valence electrons. The van der Waals surface area contributed by atoms with Crippen LogP contribution in [0.1, 0.15) is 5.56 Å². The second kappa shape index (κ2) is 6.94. The van der Waals surface area contributed by atoms with Gasteiger partial charge in [0.2, 0.25) is 0 Å². The highest BCUT2D eigenvalue weighted by atomic mass is 32.2. The van der Waals surface area contributed by atoms with E-state index in [9.17, 15) is 18.5 Å². The number of sulfonamides is 1. The van der Waals surface area contributed by atoms with Crippen molar-refractivity contribution in [1.29, 1.82) is 0 Å². The van der Waals surface area contributed by atoms with Crippen LogP contribution in [0.25, 0.3) is 33.1 Å². The molecule has 2 aromatic heterocycles. The number of aromatic nitrogens is 2. The van der Waals surface area contributed by atoms with Gasteiger partial charge in [-0.05, 0) is 36.2 Å². The van der Waals surface area contributed by atoms with E-state index in [-0.39, 0.29) is 17.1 Å². The Bertz CT molecular complexity index is 1670. The molecule has 0 bridgehead atoms. The summed E-state index contributed by atoms with van der Waals surface area (Å²) >= 11 is 0. The Morgan fingerprint density at radius 3 is 2.18 bits per heavy atom. The zero-order valence-corrected chi connectivity index (χ0v) is 18.1. The monoisotopic (exact) mass is 458 g/mol. The highest BCUT2D eigenvalue weighted by molar-refractivity contribution is 7.92. The van der Waals surface area contributed by atoms with Crippen LogP contribution < -0.4 is 4.31 Å². The van der Waals surface area contributed by atoms with E-state index in [1.54, 1.807) is 0 Å². The van der Waals surface area contributed by atoms with Crippen molar-refractivity contribution in [3.05, 3.63) is 88.5 Å². The summed E-state index contributed by atoms with van der Waals surface area (Å²) in [7, 11) is -3.97. The number of hydrogen-bond acceptors (Lipinski definition) is 4. The Hall–Kier alpha value is -4.11.